The Balaban J connectivity index is 1.97. The molecule has 1 aliphatic rings. The second-order valence-corrected chi connectivity index (χ2v) is 7.38. The molecule has 0 aliphatic carbocycles. The third kappa shape index (κ3) is 3.25. The fourth-order valence-corrected chi connectivity index (χ4v) is 3.87. The maximum absolute atomic E-state index is 11.3. The molecule has 0 saturated carbocycles. The normalized spacial score (nSPS) is 20.8. The molecule has 4 nitrogen and oxygen atoms in total. The first kappa shape index (κ1) is 12.0. The molecule has 2 heterocycles. The van der Waals surface area contributed by atoms with Gasteiger partial charge in [-0.3, -0.25) is 0 Å². The van der Waals surface area contributed by atoms with E-state index in [1.807, 2.05) is 6.07 Å². The molecule has 0 aromatic carbocycles. The summed E-state index contributed by atoms with van der Waals surface area (Å²) in [5.41, 5.74) is 0.929. The van der Waals surface area contributed by atoms with Gasteiger partial charge in [-0.05, 0) is 47.2 Å². The van der Waals surface area contributed by atoms with E-state index in [0.717, 1.165) is 29.4 Å². The number of rotatable bonds is 2. The van der Waals surface area contributed by atoms with Gasteiger partial charge in [0, 0.05) is 4.47 Å². The van der Waals surface area contributed by atoms with Crippen LogP contribution in [0.25, 0.3) is 0 Å². The van der Waals surface area contributed by atoms with Crippen LogP contribution >= 0.6 is 15.9 Å². The molecule has 16 heavy (non-hydrogen) atoms. The zero-order valence-corrected chi connectivity index (χ0v) is 11.2. The Kier molecular flexibility index (Phi) is 3.59. The SMILES string of the molecule is O=S1(=O)CCC(Cc2cc(Br)cnn2)CC1. The molecular formula is C10H13BrN2O2S. The first-order chi connectivity index (χ1) is 7.55. The number of nitrogens with zero attached hydrogens (tertiary/aromatic N) is 2. The first-order valence-electron chi connectivity index (χ1n) is 5.23. The van der Waals surface area contributed by atoms with Gasteiger partial charge < -0.3 is 0 Å². The van der Waals surface area contributed by atoms with Gasteiger partial charge in [-0.25, -0.2) is 8.42 Å². The Labute approximate surface area is 104 Å². The van der Waals surface area contributed by atoms with Crippen LogP contribution in [0, 0.1) is 5.92 Å². The summed E-state index contributed by atoms with van der Waals surface area (Å²) in [7, 11) is -2.76. The zero-order chi connectivity index (χ0) is 11.6. The van der Waals surface area contributed by atoms with Crippen molar-refractivity contribution >= 4 is 25.8 Å². The molecule has 0 radical (unpaired) electrons. The number of halogens is 1. The van der Waals surface area contributed by atoms with E-state index < -0.39 is 9.84 Å². The van der Waals surface area contributed by atoms with Gasteiger partial charge in [0.15, 0.2) is 0 Å². The van der Waals surface area contributed by atoms with Crippen LogP contribution < -0.4 is 0 Å². The van der Waals surface area contributed by atoms with Crippen LogP contribution in [-0.4, -0.2) is 30.1 Å². The fraction of sp³-hybridized carbons (Fsp3) is 0.600. The van der Waals surface area contributed by atoms with Gasteiger partial charge in [-0.1, -0.05) is 0 Å². The lowest BCUT2D eigenvalue weighted by molar-refractivity contribution is 0.457. The van der Waals surface area contributed by atoms with Gasteiger partial charge in [0.05, 0.1) is 23.4 Å². The summed E-state index contributed by atoms with van der Waals surface area (Å²) in [4.78, 5) is 0. The van der Waals surface area contributed by atoms with Crippen LogP contribution in [0.3, 0.4) is 0 Å². The Bertz CT molecular complexity index is 461. The quantitative estimate of drug-likeness (QED) is 0.833. The van der Waals surface area contributed by atoms with E-state index in [1.165, 1.54) is 0 Å². The lowest BCUT2D eigenvalue weighted by Crippen LogP contribution is -2.24. The number of hydrogen-bond acceptors (Lipinski definition) is 4. The molecule has 0 amide bonds. The van der Waals surface area contributed by atoms with Gasteiger partial charge in [-0.15, -0.1) is 0 Å². The number of sulfone groups is 1. The lowest BCUT2D eigenvalue weighted by Gasteiger charge is -2.21. The summed E-state index contributed by atoms with van der Waals surface area (Å²) in [6.45, 7) is 0. The van der Waals surface area contributed by atoms with Crippen molar-refractivity contribution in [3.63, 3.8) is 0 Å². The van der Waals surface area contributed by atoms with E-state index in [-0.39, 0.29) is 0 Å². The van der Waals surface area contributed by atoms with Gasteiger partial charge in [0.25, 0.3) is 0 Å². The van der Waals surface area contributed by atoms with E-state index in [1.54, 1.807) is 6.20 Å². The molecule has 6 heteroatoms. The summed E-state index contributed by atoms with van der Waals surface area (Å²) in [5.74, 6) is 1.06. The van der Waals surface area contributed by atoms with Crippen molar-refractivity contribution in [3.8, 4) is 0 Å². The number of aromatic nitrogens is 2. The van der Waals surface area contributed by atoms with Crippen molar-refractivity contribution < 1.29 is 8.42 Å². The van der Waals surface area contributed by atoms with Crippen molar-refractivity contribution in [2.24, 2.45) is 5.92 Å². The number of hydrogen-bond donors (Lipinski definition) is 0. The minimum Gasteiger partial charge on any atom is -0.229 e. The Morgan fingerprint density at radius 2 is 2.06 bits per heavy atom. The summed E-state index contributed by atoms with van der Waals surface area (Å²) >= 11 is 3.35. The molecule has 1 fully saturated rings. The standard InChI is InChI=1S/C10H13BrN2O2S/c11-9-6-10(13-12-7-9)5-8-1-3-16(14,15)4-2-8/h6-8H,1-5H2. The van der Waals surface area contributed by atoms with Crippen molar-refractivity contribution in [2.75, 3.05) is 11.5 Å². The van der Waals surface area contributed by atoms with Crippen LogP contribution in [0.1, 0.15) is 18.5 Å². The largest absolute Gasteiger partial charge is 0.229 e. The molecule has 0 bridgehead atoms. The second kappa shape index (κ2) is 4.79. The van der Waals surface area contributed by atoms with E-state index in [9.17, 15) is 8.42 Å². The highest BCUT2D eigenvalue weighted by atomic mass is 79.9. The highest BCUT2D eigenvalue weighted by molar-refractivity contribution is 9.10. The van der Waals surface area contributed by atoms with Gasteiger partial charge in [-0.2, -0.15) is 10.2 Å². The molecule has 1 saturated heterocycles. The molecule has 0 unspecified atom stereocenters. The highest BCUT2D eigenvalue weighted by Gasteiger charge is 2.23. The van der Waals surface area contributed by atoms with Gasteiger partial charge in [0.2, 0.25) is 0 Å². The monoisotopic (exact) mass is 304 g/mol. The summed E-state index contributed by atoms with van der Waals surface area (Å²) in [6.07, 6.45) is 3.96. The van der Waals surface area contributed by atoms with Gasteiger partial charge in [0.1, 0.15) is 9.84 Å². The maximum Gasteiger partial charge on any atom is 0.150 e. The van der Waals surface area contributed by atoms with Gasteiger partial charge >= 0.3 is 0 Å². The minimum atomic E-state index is -2.76. The van der Waals surface area contributed by atoms with Crippen molar-refractivity contribution in [1.29, 1.82) is 0 Å². The topological polar surface area (TPSA) is 59.9 Å². The third-order valence-electron chi connectivity index (χ3n) is 2.84. The zero-order valence-electron chi connectivity index (χ0n) is 8.76. The molecule has 1 aliphatic heterocycles. The Morgan fingerprint density at radius 3 is 2.69 bits per heavy atom. The van der Waals surface area contributed by atoms with Crippen LogP contribution in [0.2, 0.25) is 0 Å². The molecule has 0 atom stereocenters. The highest BCUT2D eigenvalue weighted by Crippen LogP contribution is 2.22. The maximum atomic E-state index is 11.3. The van der Waals surface area contributed by atoms with Crippen LogP contribution in [0.5, 0.6) is 0 Å². The van der Waals surface area contributed by atoms with Crippen molar-refractivity contribution in [3.05, 3.63) is 22.4 Å². The predicted molar refractivity (Wildman–Crippen MR) is 64.8 cm³/mol. The van der Waals surface area contributed by atoms with Crippen molar-refractivity contribution in [2.45, 2.75) is 19.3 Å². The predicted octanol–water partition coefficient (Wildman–Crippen LogP) is 1.61. The molecule has 1 aromatic heterocycles. The molecule has 0 N–H and O–H groups in total. The average Bonchev–Trinajstić information content (AvgIpc) is 2.21. The first-order valence-corrected chi connectivity index (χ1v) is 7.84. The van der Waals surface area contributed by atoms with E-state index in [4.69, 9.17) is 0 Å². The minimum absolute atomic E-state index is 0.319. The van der Waals surface area contributed by atoms with E-state index in [0.29, 0.717) is 17.4 Å². The molecule has 0 spiro atoms. The average molecular weight is 305 g/mol. The molecule has 1 aromatic rings. The second-order valence-electron chi connectivity index (χ2n) is 4.16. The Hall–Kier alpha value is -0.490. The molecule has 2 rings (SSSR count). The smallest absolute Gasteiger partial charge is 0.150 e. The molecule has 88 valence electrons. The van der Waals surface area contributed by atoms with Crippen LogP contribution in [0.4, 0.5) is 0 Å². The summed E-state index contributed by atoms with van der Waals surface area (Å²) < 4.78 is 23.5. The lowest BCUT2D eigenvalue weighted by atomic mass is 9.97. The molecular weight excluding hydrogens is 292 g/mol. The summed E-state index contributed by atoms with van der Waals surface area (Å²) in [5, 5.41) is 7.90. The van der Waals surface area contributed by atoms with Crippen molar-refractivity contribution in [1.82, 2.24) is 10.2 Å². The summed E-state index contributed by atoms with van der Waals surface area (Å²) in [6, 6.07) is 1.94. The van der Waals surface area contributed by atoms with E-state index in [2.05, 4.69) is 26.1 Å². The van der Waals surface area contributed by atoms with Crippen LogP contribution in [-0.2, 0) is 16.3 Å². The van der Waals surface area contributed by atoms with Crippen LogP contribution in [0.15, 0.2) is 16.7 Å². The Morgan fingerprint density at radius 1 is 1.38 bits per heavy atom. The fourth-order valence-electron chi connectivity index (χ4n) is 1.92. The third-order valence-corrected chi connectivity index (χ3v) is 4.99. The van der Waals surface area contributed by atoms with E-state index >= 15 is 0 Å².